The number of aromatic nitrogens is 2. The van der Waals surface area contributed by atoms with Crippen LogP contribution in [0, 0.1) is 0 Å². The molecule has 0 spiro atoms. The Morgan fingerprint density at radius 3 is 2.42 bits per heavy atom. The van der Waals surface area contributed by atoms with Gasteiger partial charge in [-0.2, -0.15) is 0 Å². The number of nitrogens with two attached hydrogens (primary N) is 1. The molecule has 0 aromatic carbocycles. The van der Waals surface area contributed by atoms with Gasteiger partial charge in [0.1, 0.15) is 0 Å². The lowest BCUT2D eigenvalue weighted by Crippen LogP contribution is -2.42. The molecule has 1 fully saturated rings. The van der Waals surface area contributed by atoms with Gasteiger partial charge in [-0.25, -0.2) is 9.97 Å². The number of rotatable bonds is 5. The first-order valence-corrected chi connectivity index (χ1v) is 7.12. The highest BCUT2D eigenvalue weighted by atomic mass is 16.5. The third-order valence-electron chi connectivity index (χ3n) is 3.75. The van der Waals surface area contributed by atoms with E-state index in [1.54, 1.807) is 19.5 Å². The number of hydrogen-bond acceptors (Lipinski definition) is 5. The Balaban J connectivity index is 2.09. The average Bonchev–Trinajstić information content (AvgIpc) is 2.46. The van der Waals surface area contributed by atoms with Crippen LogP contribution in [-0.2, 0) is 0 Å². The van der Waals surface area contributed by atoms with E-state index >= 15 is 0 Å². The molecule has 0 radical (unpaired) electrons. The summed E-state index contributed by atoms with van der Waals surface area (Å²) in [5.41, 5.74) is 5.98. The molecule has 106 valence electrons. The summed E-state index contributed by atoms with van der Waals surface area (Å²) in [6.07, 6.45) is 9.03. The monoisotopic (exact) mass is 264 g/mol. The van der Waals surface area contributed by atoms with Crippen LogP contribution >= 0.6 is 0 Å². The summed E-state index contributed by atoms with van der Waals surface area (Å²) in [5, 5.41) is 0. The van der Waals surface area contributed by atoms with Gasteiger partial charge in [0.2, 0.25) is 5.95 Å². The summed E-state index contributed by atoms with van der Waals surface area (Å²) < 4.78 is 5.11. The minimum atomic E-state index is 0.372. The van der Waals surface area contributed by atoms with Gasteiger partial charge in [0.15, 0.2) is 5.75 Å². The summed E-state index contributed by atoms with van der Waals surface area (Å²) in [5.74, 6) is 1.51. The first-order valence-electron chi connectivity index (χ1n) is 7.12. The van der Waals surface area contributed by atoms with E-state index in [0.29, 0.717) is 17.8 Å². The van der Waals surface area contributed by atoms with E-state index in [9.17, 15) is 0 Å². The molecule has 2 N–H and O–H groups in total. The van der Waals surface area contributed by atoms with Gasteiger partial charge in [-0.15, -0.1) is 0 Å². The molecule has 1 aromatic heterocycles. The van der Waals surface area contributed by atoms with Crippen molar-refractivity contribution in [2.24, 2.45) is 5.73 Å². The maximum Gasteiger partial charge on any atom is 0.225 e. The summed E-state index contributed by atoms with van der Waals surface area (Å²) in [4.78, 5) is 11.2. The van der Waals surface area contributed by atoms with Crippen LogP contribution in [0.1, 0.15) is 39.0 Å². The van der Waals surface area contributed by atoms with Crippen molar-refractivity contribution < 1.29 is 4.74 Å². The minimum absolute atomic E-state index is 0.372. The molecule has 19 heavy (non-hydrogen) atoms. The number of hydrogen-bond donors (Lipinski definition) is 1. The van der Waals surface area contributed by atoms with Crippen LogP contribution in [0.2, 0.25) is 0 Å². The Bertz CT molecular complexity index is 374. The first kappa shape index (κ1) is 14.1. The fourth-order valence-corrected chi connectivity index (χ4v) is 2.66. The molecule has 5 nitrogen and oxygen atoms in total. The average molecular weight is 264 g/mol. The van der Waals surface area contributed by atoms with Crippen molar-refractivity contribution >= 4 is 5.95 Å². The fourth-order valence-electron chi connectivity index (χ4n) is 2.66. The predicted molar refractivity (Wildman–Crippen MR) is 76.5 cm³/mol. The van der Waals surface area contributed by atoms with Gasteiger partial charge in [0, 0.05) is 18.6 Å². The highest BCUT2D eigenvalue weighted by Gasteiger charge is 2.25. The normalized spacial score (nSPS) is 23.1. The summed E-state index contributed by atoms with van der Waals surface area (Å²) >= 11 is 0. The van der Waals surface area contributed by atoms with Crippen molar-refractivity contribution in [2.45, 2.75) is 51.1 Å². The first-order chi connectivity index (χ1) is 9.24. The second-order valence-electron chi connectivity index (χ2n) is 5.18. The van der Waals surface area contributed by atoms with Crippen molar-refractivity contribution in [3.63, 3.8) is 0 Å². The maximum absolute atomic E-state index is 5.98. The molecule has 5 heteroatoms. The summed E-state index contributed by atoms with van der Waals surface area (Å²) in [7, 11) is 1.63. The molecule has 0 unspecified atom stereocenters. The largest absolute Gasteiger partial charge is 0.494 e. The molecule has 0 saturated heterocycles. The van der Waals surface area contributed by atoms with Gasteiger partial charge in [0.05, 0.1) is 19.5 Å². The summed E-state index contributed by atoms with van der Waals surface area (Å²) in [6.45, 7) is 3.18. The molecule has 0 atom stereocenters. The van der Waals surface area contributed by atoms with E-state index in [1.165, 1.54) is 0 Å². The lowest BCUT2D eigenvalue weighted by molar-refractivity contribution is 0.371. The highest BCUT2D eigenvalue weighted by molar-refractivity contribution is 5.33. The number of nitrogens with zero attached hydrogens (tertiary/aromatic N) is 3. The molecule has 1 aliphatic carbocycles. The van der Waals surface area contributed by atoms with E-state index in [-0.39, 0.29) is 0 Å². The second kappa shape index (κ2) is 6.70. The van der Waals surface area contributed by atoms with E-state index in [0.717, 1.165) is 44.6 Å². The lowest BCUT2D eigenvalue weighted by atomic mass is 9.91. The maximum atomic E-state index is 5.98. The zero-order chi connectivity index (χ0) is 13.7. The van der Waals surface area contributed by atoms with Crippen LogP contribution in [0.5, 0.6) is 5.75 Å². The Hall–Kier alpha value is -1.36. The number of methoxy groups -OCH3 is 1. The van der Waals surface area contributed by atoms with Crippen LogP contribution in [0.15, 0.2) is 12.4 Å². The standard InChI is InChI=1S/C14H24N4O/c1-3-8-18(12-6-4-11(15)5-7-12)14-16-9-13(19-2)10-17-14/h9-12H,3-8,15H2,1-2H3. The molecular weight excluding hydrogens is 240 g/mol. The van der Waals surface area contributed by atoms with Gasteiger partial charge in [-0.1, -0.05) is 6.92 Å². The summed E-state index contributed by atoms with van der Waals surface area (Å²) in [6, 6.07) is 0.893. The quantitative estimate of drug-likeness (QED) is 0.881. The highest BCUT2D eigenvalue weighted by Crippen LogP contribution is 2.25. The predicted octanol–water partition coefficient (Wildman–Crippen LogP) is 1.97. The molecule has 1 heterocycles. The zero-order valence-corrected chi connectivity index (χ0v) is 11.9. The van der Waals surface area contributed by atoms with E-state index < -0.39 is 0 Å². The Kier molecular flexibility index (Phi) is 4.96. The molecule has 0 aliphatic heterocycles. The van der Waals surface area contributed by atoms with Gasteiger partial charge < -0.3 is 15.4 Å². The van der Waals surface area contributed by atoms with Crippen molar-refractivity contribution in [1.29, 1.82) is 0 Å². The Labute approximate surface area is 115 Å². The van der Waals surface area contributed by atoms with Crippen molar-refractivity contribution in [1.82, 2.24) is 9.97 Å². The van der Waals surface area contributed by atoms with E-state index in [4.69, 9.17) is 10.5 Å². The smallest absolute Gasteiger partial charge is 0.225 e. The molecule has 1 aliphatic rings. The van der Waals surface area contributed by atoms with Gasteiger partial charge in [0.25, 0.3) is 0 Å². The van der Waals surface area contributed by atoms with Crippen molar-refractivity contribution in [3.8, 4) is 5.75 Å². The molecule has 0 amide bonds. The molecule has 0 bridgehead atoms. The molecule has 1 saturated carbocycles. The van der Waals surface area contributed by atoms with Crippen LogP contribution < -0.4 is 15.4 Å². The minimum Gasteiger partial charge on any atom is -0.494 e. The van der Waals surface area contributed by atoms with Crippen molar-refractivity contribution in [3.05, 3.63) is 12.4 Å². The van der Waals surface area contributed by atoms with Gasteiger partial charge >= 0.3 is 0 Å². The Morgan fingerprint density at radius 1 is 1.26 bits per heavy atom. The van der Waals surface area contributed by atoms with Crippen molar-refractivity contribution in [2.75, 3.05) is 18.6 Å². The van der Waals surface area contributed by atoms with Gasteiger partial charge in [-0.05, 0) is 32.1 Å². The fraction of sp³-hybridized carbons (Fsp3) is 0.714. The zero-order valence-electron chi connectivity index (χ0n) is 11.9. The van der Waals surface area contributed by atoms with E-state index in [2.05, 4.69) is 21.8 Å². The van der Waals surface area contributed by atoms with Gasteiger partial charge in [-0.3, -0.25) is 0 Å². The molecular formula is C14H24N4O. The number of anilines is 1. The molecule has 1 aromatic rings. The topological polar surface area (TPSA) is 64.3 Å². The third-order valence-corrected chi connectivity index (χ3v) is 3.75. The van der Waals surface area contributed by atoms with E-state index in [1.807, 2.05) is 0 Å². The van der Waals surface area contributed by atoms with Crippen LogP contribution in [0.4, 0.5) is 5.95 Å². The number of ether oxygens (including phenoxy) is 1. The second-order valence-corrected chi connectivity index (χ2v) is 5.18. The van der Waals surface area contributed by atoms with Crippen LogP contribution in [-0.4, -0.2) is 35.7 Å². The Morgan fingerprint density at radius 2 is 1.89 bits per heavy atom. The van der Waals surface area contributed by atoms with Crippen LogP contribution in [0.25, 0.3) is 0 Å². The third kappa shape index (κ3) is 3.56. The lowest BCUT2D eigenvalue weighted by Gasteiger charge is -2.36. The van der Waals surface area contributed by atoms with Crippen LogP contribution in [0.3, 0.4) is 0 Å². The molecule has 2 rings (SSSR count). The SMILES string of the molecule is CCCN(c1ncc(OC)cn1)C1CCC(N)CC1.